The van der Waals surface area contributed by atoms with Crippen molar-refractivity contribution in [2.75, 3.05) is 19.6 Å². The van der Waals surface area contributed by atoms with Crippen molar-refractivity contribution in [3.05, 3.63) is 24.0 Å². The highest BCUT2D eigenvalue weighted by Gasteiger charge is 2.18. The van der Waals surface area contributed by atoms with Gasteiger partial charge in [-0.1, -0.05) is 13.8 Å². The molecule has 1 heterocycles. The molecule has 1 aromatic heterocycles. The van der Waals surface area contributed by atoms with Crippen molar-refractivity contribution in [1.29, 1.82) is 5.26 Å². The fraction of sp³-hybridized carbons (Fsp3) is 0.538. The monoisotopic (exact) mass is 296 g/mol. The highest BCUT2D eigenvalue weighted by atomic mass is 32.2. The third-order valence-electron chi connectivity index (χ3n) is 2.94. The van der Waals surface area contributed by atoms with Crippen molar-refractivity contribution in [3.8, 4) is 6.07 Å². The van der Waals surface area contributed by atoms with Crippen molar-refractivity contribution in [2.45, 2.75) is 31.7 Å². The molecule has 0 aromatic carbocycles. The quantitative estimate of drug-likeness (QED) is 0.810. The van der Waals surface area contributed by atoms with Gasteiger partial charge >= 0.3 is 0 Å². The van der Waals surface area contributed by atoms with E-state index in [1.54, 1.807) is 0 Å². The minimum atomic E-state index is -3.60. The lowest BCUT2D eigenvalue weighted by molar-refractivity contribution is 0.282. The average Bonchev–Trinajstić information content (AvgIpc) is 2.44. The van der Waals surface area contributed by atoms with Crippen LogP contribution in [-0.2, 0) is 10.0 Å². The number of pyridine rings is 1. The molecule has 0 aliphatic heterocycles. The lowest BCUT2D eigenvalue weighted by Gasteiger charge is -2.23. The van der Waals surface area contributed by atoms with E-state index in [4.69, 9.17) is 5.26 Å². The molecule has 0 radical (unpaired) electrons. The van der Waals surface area contributed by atoms with E-state index in [-0.39, 0.29) is 16.6 Å². The van der Waals surface area contributed by atoms with Gasteiger partial charge in [0.2, 0.25) is 10.0 Å². The molecular weight excluding hydrogens is 276 g/mol. The molecule has 20 heavy (non-hydrogen) atoms. The standard InChI is InChI=1S/C13H20N4O2S/c1-4-17(5-2)10-11(3)16-20(18,19)13-7-6-12(8-14)15-9-13/h6-7,9,11,16H,4-5,10H2,1-3H3. The predicted molar refractivity (Wildman–Crippen MR) is 76.5 cm³/mol. The zero-order valence-corrected chi connectivity index (χ0v) is 12.8. The number of hydrogen-bond donors (Lipinski definition) is 1. The maximum absolute atomic E-state index is 12.1. The minimum Gasteiger partial charge on any atom is -0.302 e. The van der Waals surface area contributed by atoms with Crippen molar-refractivity contribution < 1.29 is 8.42 Å². The van der Waals surface area contributed by atoms with E-state index in [1.807, 2.05) is 26.8 Å². The van der Waals surface area contributed by atoms with Crippen LogP contribution in [0.1, 0.15) is 26.5 Å². The summed E-state index contributed by atoms with van der Waals surface area (Å²) in [6.07, 6.45) is 1.20. The molecule has 6 nitrogen and oxygen atoms in total. The number of nitrogens with one attached hydrogen (secondary N) is 1. The molecule has 1 atom stereocenters. The third kappa shape index (κ3) is 4.56. The van der Waals surface area contributed by atoms with Crippen LogP contribution in [0.15, 0.2) is 23.2 Å². The van der Waals surface area contributed by atoms with Crippen LogP contribution in [0.25, 0.3) is 0 Å². The SMILES string of the molecule is CCN(CC)CC(C)NS(=O)(=O)c1ccc(C#N)nc1. The van der Waals surface area contributed by atoms with Gasteiger partial charge in [-0.3, -0.25) is 0 Å². The Bertz CT molecular complexity index is 559. The first-order valence-corrected chi connectivity index (χ1v) is 8.02. The Morgan fingerprint density at radius 2 is 2.05 bits per heavy atom. The molecule has 0 aliphatic carbocycles. The summed E-state index contributed by atoms with van der Waals surface area (Å²) in [5, 5.41) is 8.65. The number of sulfonamides is 1. The summed E-state index contributed by atoms with van der Waals surface area (Å²) in [7, 11) is -3.60. The van der Waals surface area contributed by atoms with E-state index >= 15 is 0 Å². The van der Waals surface area contributed by atoms with Crippen molar-refractivity contribution >= 4 is 10.0 Å². The van der Waals surface area contributed by atoms with E-state index in [9.17, 15) is 8.42 Å². The smallest absolute Gasteiger partial charge is 0.242 e. The second-order valence-electron chi connectivity index (χ2n) is 4.50. The van der Waals surface area contributed by atoms with E-state index in [0.717, 1.165) is 13.1 Å². The Hall–Kier alpha value is -1.49. The summed E-state index contributed by atoms with van der Waals surface area (Å²) >= 11 is 0. The Kier molecular flexibility index (Phi) is 6.07. The van der Waals surface area contributed by atoms with Crippen LogP contribution in [-0.4, -0.2) is 44.0 Å². The van der Waals surface area contributed by atoms with Crippen LogP contribution in [0, 0.1) is 11.3 Å². The first-order chi connectivity index (χ1) is 9.42. The number of nitriles is 1. The summed E-state index contributed by atoms with van der Waals surface area (Å²) in [5.41, 5.74) is 0.195. The van der Waals surface area contributed by atoms with Crippen LogP contribution in [0.4, 0.5) is 0 Å². The van der Waals surface area contributed by atoms with Gasteiger partial charge in [0, 0.05) is 18.8 Å². The molecule has 7 heteroatoms. The van der Waals surface area contributed by atoms with Gasteiger partial charge < -0.3 is 4.90 Å². The fourth-order valence-corrected chi connectivity index (χ4v) is 3.02. The Morgan fingerprint density at radius 1 is 1.40 bits per heavy atom. The molecular formula is C13H20N4O2S. The van der Waals surface area contributed by atoms with Crippen LogP contribution in [0.3, 0.4) is 0 Å². The second kappa shape index (κ2) is 7.33. The highest BCUT2D eigenvalue weighted by Crippen LogP contribution is 2.08. The summed E-state index contributed by atoms with van der Waals surface area (Å²) < 4.78 is 26.9. The number of nitrogens with zero attached hydrogens (tertiary/aromatic N) is 3. The summed E-state index contributed by atoms with van der Waals surface area (Å²) in [6.45, 7) is 8.30. The largest absolute Gasteiger partial charge is 0.302 e. The lowest BCUT2D eigenvalue weighted by Crippen LogP contribution is -2.41. The minimum absolute atomic E-state index is 0.0721. The fourth-order valence-electron chi connectivity index (χ4n) is 1.84. The molecule has 110 valence electrons. The molecule has 0 saturated carbocycles. The van der Waals surface area contributed by atoms with E-state index in [2.05, 4.69) is 14.6 Å². The predicted octanol–water partition coefficient (Wildman–Crippen LogP) is 0.962. The summed E-state index contributed by atoms with van der Waals surface area (Å²) in [6, 6.07) is 4.44. The molecule has 0 saturated heterocycles. The van der Waals surface area contributed by atoms with Crippen LogP contribution < -0.4 is 4.72 Å². The van der Waals surface area contributed by atoms with Gasteiger partial charge in [-0.05, 0) is 32.1 Å². The molecule has 0 amide bonds. The molecule has 0 fully saturated rings. The van der Waals surface area contributed by atoms with Gasteiger partial charge in [-0.15, -0.1) is 0 Å². The Balaban J connectivity index is 2.76. The van der Waals surface area contributed by atoms with Gasteiger partial charge in [-0.25, -0.2) is 18.1 Å². The van der Waals surface area contributed by atoms with E-state index < -0.39 is 10.0 Å². The summed E-state index contributed by atoms with van der Waals surface area (Å²) in [4.78, 5) is 5.99. The first kappa shape index (κ1) is 16.6. The van der Waals surface area contributed by atoms with E-state index in [0.29, 0.717) is 6.54 Å². The van der Waals surface area contributed by atoms with Crippen molar-refractivity contribution in [1.82, 2.24) is 14.6 Å². The zero-order valence-electron chi connectivity index (χ0n) is 12.0. The van der Waals surface area contributed by atoms with Crippen LogP contribution >= 0.6 is 0 Å². The molecule has 1 N–H and O–H groups in total. The van der Waals surface area contributed by atoms with Gasteiger partial charge in [0.1, 0.15) is 16.7 Å². The Morgan fingerprint density at radius 3 is 2.50 bits per heavy atom. The molecule has 0 bridgehead atoms. The molecule has 0 spiro atoms. The van der Waals surface area contributed by atoms with Crippen molar-refractivity contribution in [3.63, 3.8) is 0 Å². The average molecular weight is 296 g/mol. The van der Waals surface area contributed by atoms with E-state index in [1.165, 1.54) is 18.3 Å². The third-order valence-corrected chi connectivity index (χ3v) is 4.52. The number of hydrogen-bond acceptors (Lipinski definition) is 5. The molecule has 1 unspecified atom stereocenters. The normalized spacial score (nSPS) is 13.2. The summed E-state index contributed by atoms with van der Waals surface area (Å²) in [5.74, 6) is 0. The van der Waals surface area contributed by atoms with Gasteiger partial charge in [-0.2, -0.15) is 5.26 Å². The van der Waals surface area contributed by atoms with Gasteiger partial charge in [0.15, 0.2) is 0 Å². The molecule has 1 aromatic rings. The number of likely N-dealkylation sites (N-methyl/N-ethyl adjacent to an activating group) is 1. The maximum atomic E-state index is 12.1. The molecule has 1 rings (SSSR count). The van der Waals surface area contributed by atoms with Crippen LogP contribution in [0.5, 0.6) is 0 Å². The van der Waals surface area contributed by atoms with Gasteiger partial charge in [0.25, 0.3) is 0 Å². The first-order valence-electron chi connectivity index (χ1n) is 6.53. The Labute approximate surface area is 120 Å². The topological polar surface area (TPSA) is 86.1 Å². The zero-order chi connectivity index (χ0) is 15.2. The second-order valence-corrected chi connectivity index (χ2v) is 6.21. The van der Waals surface area contributed by atoms with Crippen molar-refractivity contribution in [2.24, 2.45) is 0 Å². The highest BCUT2D eigenvalue weighted by molar-refractivity contribution is 7.89. The lowest BCUT2D eigenvalue weighted by atomic mass is 10.3. The van der Waals surface area contributed by atoms with Gasteiger partial charge in [0.05, 0.1) is 0 Å². The van der Waals surface area contributed by atoms with Crippen LogP contribution in [0.2, 0.25) is 0 Å². The number of rotatable bonds is 7. The number of aromatic nitrogens is 1. The maximum Gasteiger partial charge on any atom is 0.242 e. The molecule has 0 aliphatic rings.